The number of ether oxygens (including phenoxy) is 3. The van der Waals surface area contributed by atoms with Gasteiger partial charge in [0.15, 0.2) is 5.76 Å². The molecule has 0 saturated heterocycles. The van der Waals surface area contributed by atoms with Crippen molar-refractivity contribution >= 4 is 16.9 Å². The minimum absolute atomic E-state index is 0.526. The quantitative estimate of drug-likeness (QED) is 0.348. The van der Waals surface area contributed by atoms with Crippen LogP contribution in [0.1, 0.15) is 42.1 Å². The predicted octanol–water partition coefficient (Wildman–Crippen LogP) is 5.94. The normalized spacial score (nSPS) is 19.1. The van der Waals surface area contributed by atoms with Crippen molar-refractivity contribution in [3.8, 4) is 23.0 Å². The lowest BCUT2D eigenvalue weighted by Crippen LogP contribution is -2.09. The summed E-state index contributed by atoms with van der Waals surface area (Å²) in [6.45, 7) is 2.81. The molecule has 7 nitrogen and oxygen atoms in total. The molecule has 2 aliphatic rings. The van der Waals surface area contributed by atoms with E-state index in [0.717, 1.165) is 29.1 Å². The second kappa shape index (κ2) is 8.80. The highest BCUT2D eigenvalue weighted by molar-refractivity contribution is 5.89. The van der Waals surface area contributed by atoms with Gasteiger partial charge in [0, 0.05) is 12.1 Å². The van der Waals surface area contributed by atoms with Gasteiger partial charge in [-0.1, -0.05) is 29.8 Å². The monoisotopic (exact) mass is 471 g/mol. The van der Waals surface area contributed by atoms with Gasteiger partial charge in [-0.05, 0) is 49.7 Å². The molecule has 0 spiro atoms. The summed E-state index contributed by atoms with van der Waals surface area (Å²) in [4.78, 5) is 4.68. The van der Waals surface area contributed by atoms with Gasteiger partial charge in [-0.2, -0.15) is 0 Å². The first-order chi connectivity index (χ1) is 17.1. The van der Waals surface area contributed by atoms with Crippen molar-refractivity contribution < 1.29 is 18.6 Å². The van der Waals surface area contributed by atoms with Crippen molar-refractivity contribution in [2.45, 2.75) is 38.5 Å². The van der Waals surface area contributed by atoms with Crippen molar-refractivity contribution in [1.82, 2.24) is 9.66 Å². The van der Waals surface area contributed by atoms with Crippen LogP contribution in [0.4, 0.5) is 0 Å². The molecule has 1 aliphatic carbocycles. The Morgan fingerprint density at radius 2 is 1.91 bits per heavy atom. The van der Waals surface area contributed by atoms with E-state index >= 15 is 0 Å². The van der Waals surface area contributed by atoms with Crippen LogP contribution in [0.5, 0.6) is 11.5 Å². The van der Waals surface area contributed by atoms with Crippen molar-refractivity contribution in [2.24, 2.45) is 11.0 Å². The number of benzene rings is 2. The molecule has 7 heteroatoms. The fourth-order valence-electron chi connectivity index (χ4n) is 5.16. The number of hydrogen-bond donors (Lipinski definition) is 0. The van der Waals surface area contributed by atoms with Gasteiger partial charge in [0.2, 0.25) is 5.90 Å². The van der Waals surface area contributed by atoms with Gasteiger partial charge in [0.25, 0.3) is 0 Å². The molecule has 2 atom stereocenters. The molecule has 0 radical (unpaired) electrons. The Labute approximate surface area is 204 Å². The van der Waals surface area contributed by atoms with Crippen molar-refractivity contribution in [1.29, 1.82) is 0 Å². The molecular weight excluding hydrogens is 442 g/mol. The minimum atomic E-state index is 0.526. The van der Waals surface area contributed by atoms with Crippen LogP contribution in [-0.4, -0.2) is 36.4 Å². The highest BCUT2D eigenvalue weighted by Gasteiger charge is 2.27. The van der Waals surface area contributed by atoms with Crippen LogP contribution in [0.2, 0.25) is 0 Å². The van der Waals surface area contributed by atoms with Gasteiger partial charge < -0.3 is 18.6 Å². The molecule has 2 aromatic heterocycles. The third kappa shape index (κ3) is 4.16. The molecular formula is C28H29N3O4. The molecule has 0 amide bonds. The largest absolute Gasteiger partial charge is 0.496 e. The maximum atomic E-state index is 6.38. The lowest BCUT2D eigenvalue weighted by molar-refractivity contribution is 0.252. The van der Waals surface area contributed by atoms with Gasteiger partial charge in [0.1, 0.15) is 28.6 Å². The van der Waals surface area contributed by atoms with Gasteiger partial charge in [-0.25, -0.2) is 9.66 Å². The highest BCUT2D eigenvalue weighted by Crippen LogP contribution is 2.40. The molecule has 1 fully saturated rings. The van der Waals surface area contributed by atoms with Crippen LogP contribution in [0.15, 0.2) is 58.2 Å². The van der Waals surface area contributed by atoms with Crippen LogP contribution >= 0.6 is 0 Å². The Kier molecular flexibility index (Phi) is 5.47. The molecule has 0 N–H and O–H groups in total. The van der Waals surface area contributed by atoms with E-state index in [9.17, 15) is 0 Å². The zero-order valence-corrected chi connectivity index (χ0v) is 20.3. The van der Waals surface area contributed by atoms with Gasteiger partial charge in [-0.15, -0.1) is 5.10 Å². The number of methoxy groups -OCH3 is 2. The Balaban J connectivity index is 1.21. The topological polar surface area (TPSA) is 71.0 Å². The van der Waals surface area contributed by atoms with E-state index in [1.807, 2.05) is 24.4 Å². The summed E-state index contributed by atoms with van der Waals surface area (Å²) < 4.78 is 25.0. The van der Waals surface area contributed by atoms with Crippen molar-refractivity contribution in [3.05, 3.63) is 65.6 Å². The number of nitrogens with zero attached hydrogens (tertiary/aromatic N) is 3. The predicted molar refractivity (Wildman–Crippen MR) is 134 cm³/mol. The van der Waals surface area contributed by atoms with Crippen LogP contribution in [0.25, 0.3) is 22.4 Å². The summed E-state index contributed by atoms with van der Waals surface area (Å²) in [5.74, 6) is 4.78. The number of rotatable bonds is 6. The van der Waals surface area contributed by atoms with Crippen LogP contribution in [-0.2, 0) is 11.2 Å². The van der Waals surface area contributed by atoms with E-state index in [1.165, 1.54) is 24.0 Å². The molecule has 0 bridgehead atoms. The third-order valence-electron chi connectivity index (χ3n) is 7.15. The molecule has 4 aromatic rings. The fourth-order valence-corrected chi connectivity index (χ4v) is 5.16. The van der Waals surface area contributed by atoms with Crippen LogP contribution in [0.3, 0.4) is 0 Å². The van der Waals surface area contributed by atoms with Gasteiger partial charge in [0.05, 0.1) is 38.8 Å². The second-order valence-electron chi connectivity index (χ2n) is 9.51. The third-order valence-corrected chi connectivity index (χ3v) is 7.15. The number of furan rings is 1. The summed E-state index contributed by atoms with van der Waals surface area (Å²) in [5, 5.41) is 5.30. The lowest BCUT2D eigenvalue weighted by Gasteiger charge is -2.14. The van der Waals surface area contributed by atoms with E-state index in [2.05, 4.69) is 41.3 Å². The number of hydrogen-bond acceptors (Lipinski definition) is 6. The summed E-state index contributed by atoms with van der Waals surface area (Å²) in [6.07, 6.45) is 5.96. The summed E-state index contributed by atoms with van der Waals surface area (Å²) in [6, 6.07) is 14.8. The fraction of sp³-hybridized carbons (Fsp3) is 0.357. The summed E-state index contributed by atoms with van der Waals surface area (Å²) in [5.41, 5.74) is 4.19. The van der Waals surface area contributed by atoms with Crippen molar-refractivity contribution in [2.75, 3.05) is 20.8 Å². The van der Waals surface area contributed by atoms with Crippen molar-refractivity contribution in [3.63, 3.8) is 0 Å². The smallest absolute Gasteiger partial charge is 0.214 e. The van der Waals surface area contributed by atoms with Gasteiger partial charge >= 0.3 is 0 Å². The molecule has 3 heterocycles. The standard InChI is InChI=1S/C28H29N3O4/c1-17-4-7-19(8-5-17)20-9-6-18(10-20)16-34-24-11-21(32-2)12-25-22(24)13-26(35-25)23-15-31-27(29-23)14-28(30-31)33-3/h4-5,7-8,11-13,15,18,20H,6,9-10,14,16H2,1-3H3/t18-,20?/m1/s1. The van der Waals surface area contributed by atoms with Crippen LogP contribution < -0.4 is 9.47 Å². The van der Waals surface area contributed by atoms with E-state index in [4.69, 9.17) is 18.6 Å². The molecule has 1 saturated carbocycles. The zero-order valence-electron chi connectivity index (χ0n) is 20.3. The van der Waals surface area contributed by atoms with Gasteiger partial charge in [-0.3, -0.25) is 0 Å². The maximum absolute atomic E-state index is 6.38. The summed E-state index contributed by atoms with van der Waals surface area (Å²) >= 11 is 0. The first kappa shape index (κ1) is 21.8. The minimum Gasteiger partial charge on any atom is -0.496 e. The van der Waals surface area contributed by atoms with E-state index < -0.39 is 0 Å². The molecule has 2 aromatic carbocycles. The number of aryl methyl sites for hydroxylation is 1. The molecule has 180 valence electrons. The molecule has 6 rings (SSSR count). The first-order valence-electron chi connectivity index (χ1n) is 12.1. The highest BCUT2D eigenvalue weighted by atomic mass is 16.5. The molecule has 35 heavy (non-hydrogen) atoms. The zero-order chi connectivity index (χ0) is 23.9. The molecule has 1 aliphatic heterocycles. The average molecular weight is 472 g/mol. The van der Waals surface area contributed by atoms with E-state index in [0.29, 0.717) is 47.9 Å². The Morgan fingerprint density at radius 3 is 2.69 bits per heavy atom. The van der Waals surface area contributed by atoms with E-state index in [-0.39, 0.29) is 0 Å². The Bertz CT molecular complexity index is 1400. The first-order valence-corrected chi connectivity index (χ1v) is 12.1. The number of fused-ring (bicyclic) bond motifs is 2. The second-order valence-corrected chi connectivity index (χ2v) is 9.51. The van der Waals surface area contributed by atoms with Crippen LogP contribution in [0, 0.1) is 12.8 Å². The van der Waals surface area contributed by atoms with E-state index in [1.54, 1.807) is 18.9 Å². The summed E-state index contributed by atoms with van der Waals surface area (Å²) in [7, 11) is 3.28. The number of imidazole rings is 1. The maximum Gasteiger partial charge on any atom is 0.214 e. The SMILES string of the molecule is COC1=Nn2cc(-c3cc4c(OC[C@@H]5CCC(c6ccc(C)cc6)C5)cc(OC)cc4o3)nc2C1. The average Bonchev–Trinajstić information content (AvgIpc) is 3.65. The lowest BCUT2D eigenvalue weighted by atomic mass is 9.96. The Morgan fingerprint density at radius 1 is 1.06 bits per heavy atom. The number of aromatic nitrogens is 2. The molecule has 1 unspecified atom stereocenters. The Hall–Kier alpha value is -3.74.